The van der Waals surface area contributed by atoms with Crippen LogP contribution < -0.4 is 10.0 Å². The zero-order valence-electron chi connectivity index (χ0n) is 16.5. The maximum atomic E-state index is 12.5. The molecule has 3 rings (SSSR count). The number of hydrogen-bond donors (Lipinski definition) is 5. The molecule has 0 aromatic heterocycles. The van der Waals surface area contributed by atoms with E-state index in [2.05, 4.69) is 5.32 Å². The van der Waals surface area contributed by atoms with Gasteiger partial charge in [0.1, 0.15) is 11.8 Å². The van der Waals surface area contributed by atoms with E-state index < -0.39 is 55.9 Å². The first-order valence-corrected chi connectivity index (χ1v) is 10.9. The number of nitrogens with one attached hydrogen (secondary N) is 2. The number of benzene rings is 2. The van der Waals surface area contributed by atoms with Gasteiger partial charge in [0.05, 0.1) is 22.5 Å². The predicted molar refractivity (Wildman–Crippen MR) is 110 cm³/mol. The second-order valence-corrected chi connectivity index (χ2v) is 8.75. The van der Waals surface area contributed by atoms with Gasteiger partial charge in [-0.1, -0.05) is 18.2 Å². The van der Waals surface area contributed by atoms with Crippen molar-refractivity contribution in [3.8, 4) is 0 Å². The van der Waals surface area contributed by atoms with Crippen LogP contribution in [0, 0.1) is 16.0 Å². The smallest absolute Gasteiger partial charge is 0.293 e. The third-order valence-corrected chi connectivity index (χ3v) is 6.26. The Kier molecular flexibility index (Phi) is 7.06. The highest BCUT2D eigenvalue weighted by Crippen LogP contribution is 2.29. The zero-order chi connectivity index (χ0) is 23.5. The number of carbonyl (C=O) groups excluding carboxylic acids is 1. The first-order valence-electron chi connectivity index (χ1n) is 9.40. The summed E-state index contributed by atoms with van der Waals surface area (Å²) in [5.41, 5.74) is -0.583. The summed E-state index contributed by atoms with van der Waals surface area (Å²) in [5, 5.41) is 43.7. The van der Waals surface area contributed by atoms with Crippen LogP contribution in [0.5, 0.6) is 0 Å². The van der Waals surface area contributed by atoms with E-state index in [1.165, 1.54) is 12.1 Å². The van der Waals surface area contributed by atoms with Crippen LogP contribution in [-0.4, -0.2) is 66.2 Å². The predicted octanol–water partition coefficient (Wildman–Crippen LogP) is -0.188. The molecular weight excluding hydrogens is 446 g/mol. The molecule has 5 N–H and O–H groups in total. The van der Waals surface area contributed by atoms with E-state index in [4.69, 9.17) is 4.74 Å². The van der Waals surface area contributed by atoms with Crippen LogP contribution >= 0.6 is 0 Å². The summed E-state index contributed by atoms with van der Waals surface area (Å²) in [4.78, 5) is 22.4. The summed E-state index contributed by atoms with van der Waals surface area (Å²) in [6, 6.07) is 10.6. The molecule has 1 amide bonds. The fourth-order valence-corrected chi connectivity index (χ4v) is 4.15. The van der Waals surface area contributed by atoms with Gasteiger partial charge in [-0.15, -0.1) is 0 Å². The Bertz CT molecular complexity index is 1090. The number of hydrogen-bond acceptors (Lipinski definition) is 10. The van der Waals surface area contributed by atoms with E-state index in [0.717, 1.165) is 18.2 Å². The Labute approximate surface area is 182 Å². The Hall–Kier alpha value is -3.10. The van der Waals surface area contributed by atoms with E-state index in [9.17, 15) is 38.6 Å². The van der Waals surface area contributed by atoms with E-state index in [-0.39, 0.29) is 24.4 Å². The maximum Gasteiger partial charge on any atom is 0.293 e. The number of aliphatic hydroxyl groups is 3. The molecule has 1 aliphatic rings. The Morgan fingerprint density at radius 2 is 1.84 bits per heavy atom. The normalized spacial score (nSPS) is 23.3. The van der Waals surface area contributed by atoms with Crippen molar-refractivity contribution in [1.29, 1.82) is 0 Å². The highest BCUT2D eigenvalue weighted by Gasteiger charge is 2.38. The van der Waals surface area contributed by atoms with Crippen molar-refractivity contribution in [2.24, 2.45) is 5.92 Å². The molecule has 0 spiro atoms. The molecule has 0 aliphatic carbocycles. The average Bonchev–Trinajstić information content (AvgIpc) is 2.76. The van der Waals surface area contributed by atoms with E-state index in [1.807, 2.05) is 4.72 Å². The van der Waals surface area contributed by atoms with Crippen molar-refractivity contribution in [2.75, 3.05) is 18.5 Å². The van der Waals surface area contributed by atoms with Gasteiger partial charge in [0, 0.05) is 24.1 Å². The van der Waals surface area contributed by atoms with Gasteiger partial charge < -0.3 is 25.4 Å². The first-order chi connectivity index (χ1) is 15.1. The van der Waals surface area contributed by atoms with Crippen LogP contribution in [0.15, 0.2) is 53.4 Å². The van der Waals surface area contributed by atoms with E-state index in [1.54, 1.807) is 18.2 Å². The number of nitro benzene ring substituents is 1. The second-order valence-electron chi connectivity index (χ2n) is 7.06. The molecule has 1 aliphatic heterocycles. The van der Waals surface area contributed by atoms with Crippen molar-refractivity contribution in [2.45, 2.75) is 23.4 Å². The molecular formula is C19H21N3O9S. The van der Waals surface area contributed by atoms with Crippen LogP contribution in [0.3, 0.4) is 0 Å². The third-order valence-electron chi connectivity index (χ3n) is 4.93. The number of aliphatic hydroxyl groups excluding tert-OH is 3. The van der Waals surface area contributed by atoms with Gasteiger partial charge in [-0.05, 0) is 24.3 Å². The highest BCUT2D eigenvalue weighted by atomic mass is 32.2. The largest absolute Gasteiger partial charge is 0.390 e. The molecule has 0 radical (unpaired) electrons. The summed E-state index contributed by atoms with van der Waals surface area (Å²) in [6.45, 7) is -0.397. The van der Waals surface area contributed by atoms with Crippen molar-refractivity contribution in [1.82, 2.24) is 4.72 Å². The molecule has 2 aromatic carbocycles. The van der Waals surface area contributed by atoms with Gasteiger partial charge in [-0.2, -0.15) is 0 Å². The molecule has 2 aromatic rings. The fraction of sp³-hybridized carbons (Fsp3) is 0.316. The molecule has 0 bridgehead atoms. The minimum absolute atomic E-state index is 0.0799. The molecule has 4 unspecified atom stereocenters. The van der Waals surface area contributed by atoms with Gasteiger partial charge >= 0.3 is 0 Å². The molecule has 12 nitrogen and oxygen atoms in total. The SMILES string of the molecule is O=C(NS(=O)(=O)c1ccc(NCC2C(O)COC(O)C2O)c([N+](=O)[O-])c1)c1ccccc1. The lowest BCUT2D eigenvalue weighted by atomic mass is 9.93. The molecule has 1 saturated heterocycles. The van der Waals surface area contributed by atoms with Gasteiger partial charge in [-0.25, -0.2) is 13.1 Å². The minimum Gasteiger partial charge on any atom is -0.390 e. The summed E-state index contributed by atoms with van der Waals surface area (Å²) in [6.07, 6.45) is -4.08. The van der Waals surface area contributed by atoms with Crippen LogP contribution in [0.25, 0.3) is 0 Å². The van der Waals surface area contributed by atoms with Crippen LogP contribution in [0.1, 0.15) is 10.4 Å². The number of nitrogens with zero attached hydrogens (tertiary/aromatic N) is 1. The molecule has 1 fully saturated rings. The summed E-state index contributed by atoms with van der Waals surface area (Å²) in [7, 11) is -4.40. The van der Waals surface area contributed by atoms with Crippen LogP contribution in [-0.2, 0) is 14.8 Å². The topological polar surface area (TPSA) is 188 Å². The molecule has 32 heavy (non-hydrogen) atoms. The molecule has 13 heteroatoms. The molecule has 4 atom stereocenters. The van der Waals surface area contributed by atoms with Gasteiger partial charge in [0.2, 0.25) is 0 Å². The van der Waals surface area contributed by atoms with E-state index in [0.29, 0.717) is 0 Å². The number of carbonyl (C=O) groups is 1. The Morgan fingerprint density at radius 1 is 1.16 bits per heavy atom. The van der Waals surface area contributed by atoms with Crippen molar-refractivity contribution in [3.63, 3.8) is 0 Å². The number of amides is 1. The number of nitro groups is 1. The second kappa shape index (κ2) is 9.58. The standard InChI is InChI=1S/C19H21N3O9S/c23-16-10-31-19(26)17(24)13(16)9-20-14-7-6-12(8-15(14)22(27)28)32(29,30)21-18(25)11-4-2-1-3-5-11/h1-8,13,16-17,19-20,23-24,26H,9-10H2,(H,21,25). The van der Waals surface area contributed by atoms with Crippen LogP contribution in [0.4, 0.5) is 11.4 Å². The Balaban J connectivity index is 1.79. The minimum atomic E-state index is -4.40. The van der Waals surface area contributed by atoms with Gasteiger partial charge in [0.25, 0.3) is 21.6 Å². The quantitative estimate of drug-likeness (QED) is 0.270. The molecule has 0 saturated carbocycles. The van der Waals surface area contributed by atoms with E-state index >= 15 is 0 Å². The monoisotopic (exact) mass is 467 g/mol. The molecule has 172 valence electrons. The van der Waals surface area contributed by atoms with Crippen molar-refractivity contribution in [3.05, 3.63) is 64.2 Å². The number of anilines is 1. The van der Waals surface area contributed by atoms with Crippen LogP contribution in [0.2, 0.25) is 0 Å². The van der Waals surface area contributed by atoms with Crippen molar-refractivity contribution >= 4 is 27.3 Å². The lowest BCUT2D eigenvalue weighted by molar-refractivity contribution is -0.384. The van der Waals surface area contributed by atoms with Crippen molar-refractivity contribution < 1.29 is 38.2 Å². The van der Waals surface area contributed by atoms with Gasteiger partial charge in [0.15, 0.2) is 6.29 Å². The average molecular weight is 467 g/mol. The third kappa shape index (κ3) is 5.20. The lowest BCUT2D eigenvalue weighted by Crippen LogP contribution is -2.51. The summed E-state index contributed by atoms with van der Waals surface area (Å²) >= 11 is 0. The number of ether oxygens (including phenoxy) is 1. The highest BCUT2D eigenvalue weighted by molar-refractivity contribution is 7.90. The summed E-state index contributed by atoms with van der Waals surface area (Å²) in [5.74, 6) is -1.79. The van der Waals surface area contributed by atoms with Gasteiger partial charge in [-0.3, -0.25) is 14.9 Å². The zero-order valence-corrected chi connectivity index (χ0v) is 17.3. The fourth-order valence-electron chi connectivity index (χ4n) is 3.15. The summed E-state index contributed by atoms with van der Waals surface area (Å²) < 4.78 is 31.7. The number of rotatable bonds is 7. The maximum absolute atomic E-state index is 12.5. The lowest BCUT2D eigenvalue weighted by Gasteiger charge is -2.35. The number of sulfonamides is 1. The Morgan fingerprint density at radius 3 is 2.50 bits per heavy atom. The molecule has 1 heterocycles. The first kappa shape index (κ1) is 23.6.